The summed E-state index contributed by atoms with van der Waals surface area (Å²) in [5, 5.41) is 2.90. The summed E-state index contributed by atoms with van der Waals surface area (Å²) in [5.41, 5.74) is 0. The highest BCUT2D eigenvalue weighted by Gasteiger charge is 2.38. The minimum atomic E-state index is -0.358. The summed E-state index contributed by atoms with van der Waals surface area (Å²) in [6, 6.07) is -0.446. The normalized spacial score (nSPS) is 24.0. The molecule has 3 fully saturated rings. The van der Waals surface area contributed by atoms with Crippen molar-refractivity contribution >= 4 is 17.8 Å². The predicted octanol–water partition coefficient (Wildman–Crippen LogP) is 2.21. The lowest BCUT2D eigenvalue weighted by Gasteiger charge is -2.38. The van der Waals surface area contributed by atoms with E-state index in [0.717, 1.165) is 12.8 Å². The molecule has 3 rings (SSSR count). The van der Waals surface area contributed by atoms with Crippen molar-refractivity contribution in [1.82, 2.24) is 20.0 Å². The Morgan fingerprint density at radius 1 is 0.857 bits per heavy atom. The van der Waals surface area contributed by atoms with Gasteiger partial charge < -0.3 is 20.0 Å². The largest absolute Gasteiger partial charge is 0.339 e. The second-order valence-electron chi connectivity index (χ2n) is 8.87. The molecule has 1 atom stereocenters. The summed E-state index contributed by atoms with van der Waals surface area (Å²) < 4.78 is 0. The first-order valence-electron chi connectivity index (χ1n) is 11.1. The summed E-state index contributed by atoms with van der Waals surface area (Å²) in [6.07, 6.45) is 8.43. The van der Waals surface area contributed by atoms with Crippen molar-refractivity contribution < 1.29 is 14.4 Å². The zero-order valence-electron chi connectivity index (χ0n) is 17.5. The van der Waals surface area contributed by atoms with Gasteiger partial charge in [0, 0.05) is 45.2 Å². The average molecular weight is 393 g/mol. The molecule has 0 aromatic heterocycles. The molecule has 1 saturated carbocycles. The van der Waals surface area contributed by atoms with Gasteiger partial charge in [0.05, 0.1) is 0 Å². The topological polar surface area (TPSA) is 73.0 Å². The number of rotatable bonds is 4. The number of likely N-dealkylation sites (tertiary alicyclic amines) is 1. The van der Waals surface area contributed by atoms with Gasteiger partial charge in [0.25, 0.3) is 0 Å². The van der Waals surface area contributed by atoms with E-state index in [1.165, 1.54) is 32.1 Å². The molecule has 0 unspecified atom stereocenters. The molecule has 4 amide bonds. The molecule has 7 nitrogen and oxygen atoms in total. The molecule has 0 aromatic rings. The fraction of sp³-hybridized carbons (Fsp3) is 0.857. The van der Waals surface area contributed by atoms with Gasteiger partial charge in [-0.3, -0.25) is 9.59 Å². The van der Waals surface area contributed by atoms with Crippen LogP contribution < -0.4 is 5.32 Å². The van der Waals surface area contributed by atoms with E-state index >= 15 is 0 Å². The third-order valence-electron chi connectivity index (χ3n) is 6.34. The number of piperazine rings is 1. The van der Waals surface area contributed by atoms with E-state index in [9.17, 15) is 14.4 Å². The lowest BCUT2D eigenvalue weighted by molar-refractivity contribution is -0.142. The first-order valence-corrected chi connectivity index (χ1v) is 11.1. The third-order valence-corrected chi connectivity index (χ3v) is 6.34. The molecule has 0 aromatic carbocycles. The Balaban J connectivity index is 1.47. The fourth-order valence-electron chi connectivity index (χ4n) is 4.75. The smallest absolute Gasteiger partial charge is 0.318 e. The van der Waals surface area contributed by atoms with Crippen LogP contribution in [0.15, 0.2) is 0 Å². The van der Waals surface area contributed by atoms with Gasteiger partial charge in [0.15, 0.2) is 0 Å². The van der Waals surface area contributed by atoms with Crippen LogP contribution in [0.3, 0.4) is 0 Å². The van der Waals surface area contributed by atoms with E-state index in [1.807, 2.05) is 23.6 Å². The second kappa shape index (κ2) is 9.61. The Kier molecular flexibility index (Phi) is 7.18. The molecule has 2 saturated heterocycles. The van der Waals surface area contributed by atoms with Gasteiger partial charge in [-0.05, 0) is 45.4 Å². The van der Waals surface area contributed by atoms with Crippen LogP contribution in [0, 0.1) is 5.92 Å². The van der Waals surface area contributed by atoms with Crippen molar-refractivity contribution in [1.29, 1.82) is 0 Å². The summed E-state index contributed by atoms with van der Waals surface area (Å²) in [4.78, 5) is 43.4. The lowest BCUT2D eigenvalue weighted by atomic mass is 9.86. The predicted molar refractivity (Wildman–Crippen MR) is 108 cm³/mol. The maximum atomic E-state index is 13.0. The number of hydrogen-bond donors (Lipinski definition) is 1. The number of carbonyl (C=O) groups is 3. The number of nitrogens with one attached hydrogen (secondary N) is 1. The number of urea groups is 1. The highest BCUT2D eigenvalue weighted by atomic mass is 16.2. The lowest BCUT2D eigenvalue weighted by Crippen LogP contribution is -2.56. The van der Waals surface area contributed by atoms with E-state index < -0.39 is 0 Å². The van der Waals surface area contributed by atoms with Gasteiger partial charge in [-0.25, -0.2) is 4.79 Å². The first kappa shape index (κ1) is 20.9. The molecule has 0 spiro atoms. The number of nitrogens with zero attached hydrogens (tertiary/aromatic N) is 3. The molecule has 0 bridgehead atoms. The van der Waals surface area contributed by atoms with Crippen LogP contribution >= 0.6 is 0 Å². The molecule has 2 aliphatic heterocycles. The molecule has 3 aliphatic rings. The van der Waals surface area contributed by atoms with Crippen LogP contribution in [0.4, 0.5) is 4.79 Å². The van der Waals surface area contributed by atoms with Crippen molar-refractivity contribution in [3.63, 3.8) is 0 Å². The van der Waals surface area contributed by atoms with Gasteiger partial charge in [-0.1, -0.05) is 19.3 Å². The van der Waals surface area contributed by atoms with Gasteiger partial charge in [0.2, 0.25) is 11.8 Å². The summed E-state index contributed by atoms with van der Waals surface area (Å²) in [6.45, 7) is 6.86. The van der Waals surface area contributed by atoms with Gasteiger partial charge >= 0.3 is 6.03 Å². The minimum Gasteiger partial charge on any atom is -0.339 e. The Morgan fingerprint density at radius 2 is 1.50 bits per heavy atom. The zero-order valence-corrected chi connectivity index (χ0v) is 17.5. The van der Waals surface area contributed by atoms with Crippen molar-refractivity contribution in [2.24, 2.45) is 5.92 Å². The van der Waals surface area contributed by atoms with E-state index in [4.69, 9.17) is 0 Å². The van der Waals surface area contributed by atoms with Crippen molar-refractivity contribution in [3.05, 3.63) is 0 Å². The van der Waals surface area contributed by atoms with Crippen LogP contribution in [0.1, 0.15) is 65.2 Å². The number of amides is 4. The van der Waals surface area contributed by atoms with E-state index in [-0.39, 0.29) is 29.9 Å². The van der Waals surface area contributed by atoms with Crippen LogP contribution in [0.5, 0.6) is 0 Å². The van der Waals surface area contributed by atoms with Crippen LogP contribution in [0.25, 0.3) is 0 Å². The Morgan fingerprint density at radius 3 is 2.14 bits per heavy atom. The highest BCUT2D eigenvalue weighted by Crippen LogP contribution is 2.27. The first-order chi connectivity index (χ1) is 13.5. The van der Waals surface area contributed by atoms with Gasteiger partial charge in [-0.15, -0.1) is 0 Å². The van der Waals surface area contributed by atoms with E-state index in [2.05, 4.69) is 5.32 Å². The fourth-order valence-corrected chi connectivity index (χ4v) is 4.75. The average Bonchev–Trinajstić information content (AvgIpc) is 3.18. The molecular weight excluding hydrogens is 356 g/mol. The molecule has 1 N–H and O–H groups in total. The number of carbonyl (C=O) groups excluding carboxylic acids is 3. The van der Waals surface area contributed by atoms with E-state index in [0.29, 0.717) is 45.1 Å². The SMILES string of the molecule is CC(C)NC(=O)N1CCC[C@H]1C(=O)N1CCN(C(=O)CC2CCCCC2)CC1. The Bertz CT molecular complexity index is 566. The molecule has 0 radical (unpaired) electrons. The Labute approximate surface area is 168 Å². The quantitative estimate of drug-likeness (QED) is 0.797. The molecular formula is C21H36N4O3. The van der Waals surface area contributed by atoms with Crippen molar-refractivity contribution in [3.8, 4) is 0 Å². The molecule has 1 aliphatic carbocycles. The van der Waals surface area contributed by atoms with Crippen molar-refractivity contribution in [2.45, 2.75) is 77.3 Å². The van der Waals surface area contributed by atoms with Crippen molar-refractivity contribution in [2.75, 3.05) is 32.7 Å². The number of hydrogen-bond acceptors (Lipinski definition) is 3. The standard InChI is InChI=1S/C21H36N4O3/c1-16(2)22-21(28)25-10-6-9-18(25)20(27)24-13-11-23(12-14-24)19(26)15-17-7-4-3-5-8-17/h16-18H,3-15H2,1-2H3,(H,22,28)/t18-/m0/s1. The van der Waals surface area contributed by atoms with Crippen LogP contribution in [-0.4, -0.2) is 77.4 Å². The Hall–Kier alpha value is -1.79. The monoisotopic (exact) mass is 392 g/mol. The zero-order chi connectivity index (χ0) is 20.1. The maximum absolute atomic E-state index is 13.0. The second-order valence-corrected chi connectivity index (χ2v) is 8.87. The molecule has 7 heteroatoms. The molecule has 2 heterocycles. The molecule has 28 heavy (non-hydrogen) atoms. The summed E-state index contributed by atoms with van der Waals surface area (Å²) >= 11 is 0. The van der Waals surface area contributed by atoms with Gasteiger partial charge in [-0.2, -0.15) is 0 Å². The minimum absolute atomic E-state index is 0.0378. The molecule has 158 valence electrons. The summed E-state index contributed by atoms with van der Waals surface area (Å²) in [5.74, 6) is 0.834. The van der Waals surface area contributed by atoms with E-state index in [1.54, 1.807) is 4.90 Å². The van der Waals surface area contributed by atoms with Crippen LogP contribution in [-0.2, 0) is 9.59 Å². The maximum Gasteiger partial charge on any atom is 0.318 e. The summed E-state index contributed by atoms with van der Waals surface area (Å²) in [7, 11) is 0. The van der Waals surface area contributed by atoms with Crippen LogP contribution in [0.2, 0.25) is 0 Å². The third kappa shape index (κ3) is 5.17. The highest BCUT2D eigenvalue weighted by molar-refractivity contribution is 5.88. The van der Waals surface area contributed by atoms with Gasteiger partial charge in [0.1, 0.15) is 6.04 Å².